The van der Waals surface area contributed by atoms with E-state index in [1.165, 1.54) is 38.5 Å². The fourth-order valence-electron chi connectivity index (χ4n) is 2.46. The summed E-state index contributed by atoms with van der Waals surface area (Å²) < 4.78 is 2.20. The van der Waals surface area contributed by atoms with Gasteiger partial charge < -0.3 is 0 Å². The van der Waals surface area contributed by atoms with Crippen molar-refractivity contribution < 1.29 is 0 Å². The van der Waals surface area contributed by atoms with Gasteiger partial charge in [0.25, 0.3) is 0 Å². The van der Waals surface area contributed by atoms with E-state index in [1.54, 1.807) is 0 Å². The van der Waals surface area contributed by atoms with Gasteiger partial charge in [-0.2, -0.15) is 12.6 Å². The second kappa shape index (κ2) is 2.86. The Kier molecular flexibility index (Phi) is 2.15. The van der Waals surface area contributed by atoms with Crippen LogP contribution in [0.5, 0.6) is 0 Å². The summed E-state index contributed by atoms with van der Waals surface area (Å²) in [7, 11) is 0. The van der Waals surface area contributed by atoms with Crippen LogP contribution in [0, 0.1) is 0 Å². The van der Waals surface area contributed by atoms with Crippen molar-refractivity contribution in [2.75, 3.05) is 0 Å². The third kappa shape index (κ3) is 1.21. The average molecular weight is 189 g/mol. The van der Waals surface area contributed by atoms with Crippen LogP contribution in [0.25, 0.3) is 0 Å². The van der Waals surface area contributed by atoms with Crippen molar-refractivity contribution in [1.82, 2.24) is 4.31 Å². The molecule has 1 unspecified atom stereocenters. The summed E-state index contributed by atoms with van der Waals surface area (Å²) in [5.74, 6) is 0. The molecule has 2 rings (SSSR count). The summed E-state index contributed by atoms with van der Waals surface area (Å²) in [6.07, 6.45) is 7.98. The smallest absolute Gasteiger partial charge is 0.0631 e. The Morgan fingerprint density at radius 1 is 1.18 bits per heavy atom. The molecule has 1 saturated heterocycles. The number of thiol groups is 2. The minimum atomic E-state index is 0.399. The van der Waals surface area contributed by atoms with E-state index in [2.05, 4.69) is 29.7 Å². The highest BCUT2D eigenvalue weighted by Crippen LogP contribution is 2.47. The molecule has 3 heteroatoms. The second-order valence-electron chi connectivity index (χ2n) is 3.80. The Balaban J connectivity index is 2.13. The zero-order chi connectivity index (χ0) is 7.90. The van der Waals surface area contributed by atoms with Crippen molar-refractivity contribution >= 4 is 25.4 Å². The van der Waals surface area contributed by atoms with Gasteiger partial charge >= 0.3 is 0 Å². The van der Waals surface area contributed by atoms with E-state index >= 15 is 0 Å². The van der Waals surface area contributed by atoms with E-state index < -0.39 is 0 Å². The normalized spacial score (nSPS) is 37.1. The fraction of sp³-hybridized carbons (Fsp3) is 1.00. The first-order valence-electron chi connectivity index (χ1n) is 4.41. The van der Waals surface area contributed by atoms with Gasteiger partial charge in [-0.1, -0.05) is 25.7 Å². The van der Waals surface area contributed by atoms with Crippen LogP contribution in [-0.4, -0.2) is 15.2 Å². The van der Waals surface area contributed by atoms with Crippen molar-refractivity contribution in [2.24, 2.45) is 0 Å². The van der Waals surface area contributed by atoms with Crippen LogP contribution < -0.4 is 0 Å². The van der Waals surface area contributed by atoms with Crippen molar-refractivity contribution in [3.8, 4) is 0 Å². The predicted octanol–water partition coefficient (Wildman–Crippen LogP) is 2.50. The van der Waals surface area contributed by atoms with Crippen LogP contribution in [0.1, 0.15) is 38.5 Å². The Morgan fingerprint density at radius 2 is 1.82 bits per heavy atom. The molecule has 2 aliphatic rings. The molecule has 1 nitrogen and oxygen atoms in total. The zero-order valence-electron chi connectivity index (χ0n) is 6.66. The van der Waals surface area contributed by atoms with Crippen molar-refractivity contribution in [3.05, 3.63) is 0 Å². The maximum absolute atomic E-state index is 4.53. The van der Waals surface area contributed by atoms with Gasteiger partial charge in [0.1, 0.15) is 0 Å². The molecule has 2 fully saturated rings. The van der Waals surface area contributed by atoms with Gasteiger partial charge in [-0.05, 0) is 25.7 Å². The molecular formula is C8H15NS2. The molecule has 0 radical (unpaired) electrons. The second-order valence-corrected chi connectivity index (χ2v) is 4.82. The SMILES string of the molecule is SC1CCC2(CCCC2)N1S. The highest BCUT2D eigenvalue weighted by Gasteiger charge is 2.45. The number of nitrogens with zero attached hydrogens (tertiary/aromatic N) is 1. The lowest BCUT2D eigenvalue weighted by Crippen LogP contribution is -2.36. The van der Waals surface area contributed by atoms with E-state index in [0.717, 1.165) is 0 Å². The first kappa shape index (κ1) is 8.27. The molecule has 1 spiro atoms. The highest BCUT2D eigenvalue weighted by atomic mass is 32.1. The molecule has 0 aromatic carbocycles. The minimum absolute atomic E-state index is 0.399. The molecule has 0 N–H and O–H groups in total. The van der Waals surface area contributed by atoms with Gasteiger partial charge in [0.05, 0.1) is 5.37 Å². The molecule has 1 saturated carbocycles. The number of rotatable bonds is 0. The molecule has 0 amide bonds. The highest BCUT2D eigenvalue weighted by molar-refractivity contribution is 7.83. The molecule has 1 aliphatic carbocycles. The Labute approximate surface area is 79.5 Å². The third-order valence-electron chi connectivity index (χ3n) is 3.17. The first-order valence-corrected chi connectivity index (χ1v) is 5.33. The topological polar surface area (TPSA) is 3.24 Å². The van der Waals surface area contributed by atoms with E-state index in [9.17, 15) is 0 Å². The molecule has 1 aliphatic heterocycles. The van der Waals surface area contributed by atoms with Crippen LogP contribution in [0.15, 0.2) is 0 Å². The van der Waals surface area contributed by atoms with Gasteiger partial charge in [-0.25, -0.2) is 4.31 Å². The summed E-state index contributed by atoms with van der Waals surface area (Å²) in [6, 6.07) is 0. The fourth-order valence-corrected chi connectivity index (χ4v) is 3.25. The molecule has 64 valence electrons. The van der Waals surface area contributed by atoms with Gasteiger partial charge in [-0.3, -0.25) is 0 Å². The Morgan fingerprint density at radius 3 is 2.27 bits per heavy atom. The molecular weight excluding hydrogens is 174 g/mol. The third-order valence-corrected chi connectivity index (χ3v) is 4.54. The monoisotopic (exact) mass is 189 g/mol. The van der Waals surface area contributed by atoms with Crippen LogP contribution >= 0.6 is 25.4 Å². The van der Waals surface area contributed by atoms with Gasteiger partial charge in [-0.15, -0.1) is 0 Å². The first-order chi connectivity index (χ1) is 5.25. The summed E-state index contributed by atoms with van der Waals surface area (Å²) in [4.78, 5) is 0. The zero-order valence-corrected chi connectivity index (χ0v) is 8.45. The van der Waals surface area contributed by atoms with Gasteiger partial charge in [0, 0.05) is 5.54 Å². The van der Waals surface area contributed by atoms with Gasteiger partial charge in [0.2, 0.25) is 0 Å². The van der Waals surface area contributed by atoms with Crippen LogP contribution in [0.3, 0.4) is 0 Å². The van der Waals surface area contributed by atoms with Crippen molar-refractivity contribution in [3.63, 3.8) is 0 Å². The van der Waals surface area contributed by atoms with E-state index in [0.29, 0.717) is 10.9 Å². The summed E-state index contributed by atoms with van der Waals surface area (Å²) in [5.41, 5.74) is 0.440. The van der Waals surface area contributed by atoms with Crippen molar-refractivity contribution in [1.29, 1.82) is 0 Å². The van der Waals surface area contributed by atoms with E-state index in [-0.39, 0.29) is 0 Å². The van der Waals surface area contributed by atoms with Gasteiger partial charge in [0.15, 0.2) is 0 Å². The molecule has 1 atom stereocenters. The summed E-state index contributed by atoms with van der Waals surface area (Å²) in [5, 5.41) is 0.399. The average Bonchev–Trinajstić information content (AvgIpc) is 2.56. The molecule has 1 heterocycles. The maximum atomic E-state index is 4.53. The lowest BCUT2D eigenvalue weighted by Gasteiger charge is -2.32. The number of hydrogen-bond donors (Lipinski definition) is 2. The van der Waals surface area contributed by atoms with Crippen LogP contribution in [0.2, 0.25) is 0 Å². The maximum Gasteiger partial charge on any atom is 0.0631 e. The quantitative estimate of drug-likeness (QED) is 0.554. The largest absolute Gasteiger partial charge is 0.234 e. The standard InChI is InChI=1S/C8H15NS2/c10-7-3-6-8(9(7)11)4-1-2-5-8/h7,10-11H,1-6H2. The lowest BCUT2D eigenvalue weighted by atomic mass is 9.96. The number of hydrogen-bond acceptors (Lipinski definition) is 3. The summed E-state index contributed by atoms with van der Waals surface area (Å²) >= 11 is 9.01. The Bertz CT molecular complexity index is 154. The van der Waals surface area contributed by atoms with E-state index in [4.69, 9.17) is 0 Å². The van der Waals surface area contributed by atoms with E-state index in [1.807, 2.05) is 0 Å². The molecule has 11 heavy (non-hydrogen) atoms. The van der Waals surface area contributed by atoms with Crippen LogP contribution in [0.4, 0.5) is 0 Å². The predicted molar refractivity (Wildman–Crippen MR) is 54.0 cm³/mol. The van der Waals surface area contributed by atoms with Crippen molar-refractivity contribution in [2.45, 2.75) is 49.4 Å². The summed E-state index contributed by atoms with van der Waals surface area (Å²) in [6.45, 7) is 0. The molecule has 0 aromatic heterocycles. The lowest BCUT2D eigenvalue weighted by molar-refractivity contribution is 0.263. The Hall–Kier alpha value is 0.660. The molecule has 0 aromatic rings. The minimum Gasteiger partial charge on any atom is -0.234 e. The van der Waals surface area contributed by atoms with Crippen LogP contribution in [-0.2, 0) is 0 Å². The molecule has 0 bridgehead atoms.